The van der Waals surface area contributed by atoms with Crippen molar-refractivity contribution in [3.8, 4) is 0 Å². The average molecular weight is 331 g/mol. The molecule has 0 bridgehead atoms. The molecule has 0 saturated carbocycles. The van der Waals surface area contributed by atoms with E-state index >= 15 is 0 Å². The molecule has 0 aliphatic carbocycles. The zero-order chi connectivity index (χ0) is 17.1. The fourth-order valence-corrected chi connectivity index (χ4v) is 2.49. The molecule has 0 amide bonds. The summed E-state index contributed by atoms with van der Waals surface area (Å²) in [5.74, 6) is -2.13. The normalized spacial score (nSPS) is 11.1. The highest BCUT2D eigenvalue weighted by Gasteiger charge is 2.09. The van der Waals surface area contributed by atoms with Crippen molar-refractivity contribution in [1.29, 1.82) is 0 Å². The number of nitrogens with one attached hydrogen (secondary N) is 1. The highest BCUT2D eigenvalue weighted by atomic mass is 19.1. The van der Waals surface area contributed by atoms with Crippen molar-refractivity contribution in [3.05, 3.63) is 71.2 Å². The maximum absolute atomic E-state index is 13.5. The summed E-state index contributed by atoms with van der Waals surface area (Å²) in [6.07, 6.45) is 3.35. The Morgan fingerprint density at radius 2 is 1.96 bits per heavy atom. The van der Waals surface area contributed by atoms with Crippen LogP contribution in [0.3, 0.4) is 0 Å². The van der Waals surface area contributed by atoms with Gasteiger partial charge >= 0.3 is 5.97 Å². The van der Waals surface area contributed by atoms with Gasteiger partial charge in [0, 0.05) is 18.3 Å². The number of halogens is 2. The molecule has 0 radical (unpaired) electrons. The van der Waals surface area contributed by atoms with Crippen LogP contribution < -0.4 is 5.32 Å². The third-order valence-corrected chi connectivity index (χ3v) is 3.75. The fraction of sp³-hybridized carbons (Fsp3) is 0.176. The van der Waals surface area contributed by atoms with Crippen LogP contribution in [0.4, 0.5) is 8.78 Å². The van der Waals surface area contributed by atoms with Crippen molar-refractivity contribution >= 4 is 11.6 Å². The Bertz CT molecular complexity index is 872. The summed E-state index contributed by atoms with van der Waals surface area (Å²) >= 11 is 0. The molecule has 124 valence electrons. The first kappa shape index (κ1) is 16.1. The highest BCUT2D eigenvalue weighted by Crippen LogP contribution is 2.13. The van der Waals surface area contributed by atoms with E-state index < -0.39 is 17.6 Å². The molecule has 2 N–H and O–H groups in total. The van der Waals surface area contributed by atoms with E-state index in [1.54, 1.807) is 16.7 Å². The van der Waals surface area contributed by atoms with E-state index in [9.17, 15) is 13.6 Å². The van der Waals surface area contributed by atoms with Crippen molar-refractivity contribution < 1.29 is 18.7 Å². The molecular formula is C17H15F2N3O2. The van der Waals surface area contributed by atoms with Crippen molar-refractivity contribution in [2.75, 3.05) is 6.54 Å². The molecule has 0 unspecified atom stereocenters. The number of hydrogen-bond acceptors (Lipinski definition) is 3. The molecule has 0 saturated heterocycles. The Morgan fingerprint density at radius 3 is 2.67 bits per heavy atom. The molecule has 2 heterocycles. The van der Waals surface area contributed by atoms with Gasteiger partial charge in [-0.15, -0.1) is 0 Å². The minimum atomic E-state index is -1.01. The lowest BCUT2D eigenvalue weighted by Crippen LogP contribution is -2.18. The lowest BCUT2D eigenvalue weighted by atomic mass is 10.1. The summed E-state index contributed by atoms with van der Waals surface area (Å²) in [7, 11) is 0. The molecule has 2 aromatic heterocycles. The average Bonchev–Trinajstić information content (AvgIpc) is 2.96. The van der Waals surface area contributed by atoms with Crippen LogP contribution in [0.1, 0.15) is 21.6 Å². The molecular weight excluding hydrogens is 316 g/mol. The van der Waals surface area contributed by atoms with Gasteiger partial charge in [0.1, 0.15) is 17.3 Å². The molecule has 5 nitrogen and oxygen atoms in total. The first-order chi connectivity index (χ1) is 11.6. The van der Waals surface area contributed by atoms with E-state index in [4.69, 9.17) is 5.11 Å². The molecule has 0 atom stereocenters. The number of carbonyl (C=O) groups is 1. The van der Waals surface area contributed by atoms with E-state index in [-0.39, 0.29) is 17.5 Å². The summed E-state index contributed by atoms with van der Waals surface area (Å²) in [6, 6.07) is 6.91. The topological polar surface area (TPSA) is 66.6 Å². The van der Waals surface area contributed by atoms with Gasteiger partial charge in [-0.1, -0.05) is 6.07 Å². The molecule has 7 heteroatoms. The summed E-state index contributed by atoms with van der Waals surface area (Å²) in [5.41, 5.74) is 1.62. The Kier molecular flexibility index (Phi) is 4.52. The van der Waals surface area contributed by atoms with Crippen LogP contribution >= 0.6 is 0 Å². The van der Waals surface area contributed by atoms with Crippen molar-refractivity contribution in [1.82, 2.24) is 14.7 Å². The highest BCUT2D eigenvalue weighted by molar-refractivity contribution is 5.87. The number of aromatic nitrogens is 2. The van der Waals surface area contributed by atoms with Gasteiger partial charge in [-0.2, -0.15) is 0 Å². The standard InChI is InChI=1S/C17H15F2N3O2/c18-14-2-1-3-15(19)13(14)6-7-20-8-12-9-21-16-5-4-11(17(23)24)10-22(12)16/h1-5,9-10,20H,6-8H2,(H,23,24). The number of imidazole rings is 1. The van der Waals surface area contributed by atoms with Crippen LogP contribution in [0.2, 0.25) is 0 Å². The summed E-state index contributed by atoms with van der Waals surface area (Å²) in [4.78, 5) is 15.2. The van der Waals surface area contributed by atoms with Crippen molar-refractivity contribution in [2.24, 2.45) is 0 Å². The summed E-state index contributed by atoms with van der Waals surface area (Å²) in [5, 5.41) is 12.1. The minimum Gasteiger partial charge on any atom is -0.478 e. The molecule has 3 aromatic rings. The number of pyridine rings is 1. The van der Waals surface area contributed by atoms with Gasteiger partial charge in [-0.05, 0) is 37.2 Å². The predicted molar refractivity (Wildman–Crippen MR) is 83.9 cm³/mol. The van der Waals surface area contributed by atoms with Gasteiger partial charge in [-0.25, -0.2) is 18.6 Å². The summed E-state index contributed by atoms with van der Waals surface area (Å²) < 4.78 is 28.8. The number of carboxylic acid groups (broad SMARTS) is 1. The monoisotopic (exact) mass is 331 g/mol. The van der Waals surface area contributed by atoms with E-state index in [1.807, 2.05) is 0 Å². The van der Waals surface area contributed by atoms with Crippen LogP contribution in [0, 0.1) is 11.6 Å². The molecule has 0 fully saturated rings. The molecule has 0 aliphatic rings. The Hall–Kier alpha value is -2.80. The SMILES string of the molecule is O=C(O)c1ccc2ncc(CNCCc3c(F)cccc3F)n2c1. The lowest BCUT2D eigenvalue weighted by molar-refractivity contribution is 0.0696. The quantitative estimate of drug-likeness (QED) is 0.682. The molecule has 0 aliphatic heterocycles. The predicted octanol–water partition coefficient (Wildman–Crippen LogP) is 2.64. The Labute approximate surface area is 136 Å². The van der Waals surface area contributed by atoms with Gasteiger partial charge < -0.3 is 14.8 Å². The maximum atomic E-state index is 13.5. The largest absolute Gasteiger partial charge is 0.478 e. The smallest absolute Gasteiger partial charge is 0.337 e. The number of hydrogen-bond donors (Lipinski definition) is 2. The first-order valence-electron chi connectivity index (χ1n) is 7.39. The number of benzene rings is 1. The number of aromatic carboxylic acids is 1. The second kappa shape index (κ2) is 6.76. The van der Waals surface area contributed by atoms with Crippen LogP contribution in [0.5, 0.6) is 0 Å². The van der Waals surface area contributed by atoms with E-state index in [0.29, 0.717) is 18.7 Å². The lowest BCUT2D eigenvalue weighted by Gasteiger charge is -2.07. The molecule has 24 heavy (non-hydrogen) atoms. The van der Waals surface area contributed by atoms with Crippen LogP contribution in [0.25, 0.3) is 5.65 Å². The number of fused-ring (bicyclic) bond motifs is 1. The molecule has 1 aromatic carbocycles. The number of rotatable bonds is 6. The first-order valence-corrected chi connectivity index (χ1v) is 7.39. The maximum Gasteiger partial charge on any atom is 0.337 e. The van der Waals surface area contributed by atoms with Crippen LogP contribution in [-0.2, 0) is 13.0 Å². The zero-order valence-corrected chi connectivity index (χ0v) is 12.7. The van der Waals surface area contributed by atoms with E-state index in [2.05, 4.69) is 10.3 Å². The van der Waals surface area contributed by atoms with Crippen LogP contribution in [0.15, 0.2) is 42.7 Å². The third-order valence-electron chi connectivity index (χ3n) is 3.75. The number of nitrogens with zero attached hydrogens (tertiary/aromatic N) is 2. The minimum absolute atomic E-state index is 0.0521. The summed E-state index contributed by atoms with van der Waals surface area (Å²) in [6.45, 7) is 0.782. The Morgan fingerprint density at radius 1 is 1.21 bits per heavy atom. The van der Waals surface area contributed by atoms with Gasteiger partial charge in [0.15, 0.2) is 0 Å². The van der Waals surface area contributed by atoms with E-state index in [1.165, 1.54) is 30.5 Å². The Balaban J connectivity index is 1.66. The van der Waals surface area contributed by atoms with Crippen molar-refractivity contribution in [3.63, 3.8) is 0 Å². The second-order valence-electron chi connectivity index (χ2n) is 5.33. The van der Waals surface area contributed by atoms with Crippen molar-refractivity contribution in [2.45, 2.75) is 13.0 Å². The zero-order valence-electron chi connectivity index (χ0n) is 12.7. The van der Waals surface area contributed by atoms with Gasteiger partial charge in [0.2, 0.25) is 0 Å². The van der Waals surface area contributed by atoms with Gasteiger partial charge in [0.05, 0.1) is 17.5 Å². The number of carboxylic acids is 1. The molecule has 0 spiro atoms. The second-order valence-corrected chi connectivity index (χ2v) is 5.33. The van der Waals surface area contributed by atoms with Gasteiger partial charge in [-0.3, -0.25) is 0 Å². The fourth-order valence-electron chi connectivity index (χ4n) is 2.49. The van der Waals surface area contributed by atoms with Crippen LogP contribution in [-0.4, -0.2) is 27.0 Å². The molecule has 3 rings (SSSR count). The van der Waals surface area contributed by atoms with Gasteiger partial charge in [0.25, 0.3) is 0 Å². The van der Waals surface area contributed by atoms with E-state index in [0.717, 1.165) is 5.69 Å². The third kappa shape index (κ3) is 3.26.